The van der Waals surface area contributed by atoms with Gasteiger partial charge >= 0.3 is 5.69 Å². The van der Waals surface area contributed by atoms with Gasteiger partial charge in [-0.25, -0.2) is 13.2 Å². The second kappa shape index (κ2) is 13.3. The largest absolute Gasteiger partial charge is 0.497 e. The fourth-order valence-electron chi connectivity index (χ4n) is 6.62. The lowest BCUT2D eigenvalue weighted by Crippen LogP contribution is -2.51. The number of likely N-dealkylation sites (tertiary alicyclic amines) is 1. The van der Waals surface area contributed by atoms with Gasteiger partial charge in [-0.05, 0) is 90.0 Å². The molecule has 6 rings (SSSR count). The molecule has 0 N–H and O–H groups in total. The average Bonchev–Trinajstić information content (AvgIpc) is 3.66. The second-order valence-electron chi connectivity index (χ2n) is 11.6. The van der Waals surface area contributed by atoms with Crippen LogP contribution in [0.15, 0.2) is 82.5 Å². The molecule has 1 amide bonds. The van der Waals surface area contributed by atoms with E-state index >= 15 is 0 Å². The molecule has 4 aromatic rings. The number of rotatable bonds is 9. The van der Waals surface area contributed by atoms with Gasteiger partial charge in [0.25, 0.3) is 15.9 Å². The van der Waals surface area contributed by atoms with Gasteiger partial charge in [-0.1, -0.05) is 37.3 Å². The summed E-state index contributed by atoms with van der Waals surface area (Å²) in [6.07, 6.45) is 2.00. The van der Waals surface area contributed by atoms with Gasteiger partial charge in [-0.3, -0.25) is 14.3 Å². The zero-order valence-electron chi connectivity index (χ0n) is 25.5. The zero-order valence-corrected chi connectivity index (χ0v) is 28.5. The summed E-state index contributed by atoms with van der Waals surface area (Å²) in [4.78, 5) is 35.7. The smallest absolute Gasteiger partial charge is 0.344 e. The summed E-state index contributed by atoms with van der Waals surface area (Å²) in [7, 11) is -2.82. The Labute approximate surface area is 277 Å². The molecule has 45 heavy (non-hydrogen) atoms. The van der Waals surface area contributed by atoms with Crippen LogP contribution in [0.2, 0.25) is 0 Å². The standard InChI is InChI=1S/C33H38IN5O5S/c1-3-16-35-18-20-36(21-19-35)26-15-17-37(23-26)32(40)31(24-7-5-4-6-8-24)38-30-22-25(34)9-14-29(30)39(33(38)41)45(42,43)28-12-10-27(44-2)11-13-28/h4-14,22,26,31H,3,15-21,23H2,1-2H3. The minimum Gasteiger partial charge on any atom is -0.497 e. The first kappa shape index (κ1) is 31.8. The SMILES string of the molecule is CCCN1CCN(C2CCN(C(=O)C(c3ccccc3)n3c(=O)n(S(=O)(=O)c4ccc(OC)cc4)c4ccc(I)cc43)C2)CC1. The van der Waals surface area contributed by atoms with E-state index in [-0.39, 0.29) is 22.4 Å². The summed E-state index contributed by atoms with van der Waals surface area (Å²) in [5.41, 5.74) is 0.442. The third-order valence-corrected chi connectivity index (χ3v) is 11.3. The monoisotopic (exact) mass is 743 g/mol. The second-order valence-corrected chi connectivity index (χ2v) is 14.7. The number of halogens is 1. The highest BCUT2D eigenvalue weighted by atomic mass is 127. The Bertz CT molecular complexity index is 1830. The number of hydrogen-bond acceptors (Lipinski definition) is 7. The summed E-state index contributed by atoms with van der Waals surface area (Å²) < 4.78 is 36.3. The highest BCUT2D eigenvalue weighted by molar-refractivity contribution is 14.1. The predicted molar refractivity (Wildman–Crippen MR) is 182 cm³/mol. The van der Waals surface area contributed by atoms with Crippen molar-refractivity contribution >= 4 is 49.6 Å². The van der Waals surface area contributed by atoms with E-state index < -0.39 is 21.8 Å². The lowest BCUT2D eigenvalue weighted by molar-refractivity contribution is -0.132. The highest BCUT2D eigenvalue weighted by Gasteiger charge is 2.38. The molecular formula is C33H38IN5O5S. The van der Waals surface area contributed by atoms with Crippen LogP contribution in [-0.2, 0) is 14.8 Å². The Kier molecular flexibility index (Phi) is 9.37. The van der Waals surface area contributed by atoms with E-state index in [9.17, 15) is 18.0 Å². The van der Waals surface area contributed by atoms with Crippen LogP contribution >= 0.6 is 22.6 Å². The average molecular weight is 744 g/mol. The van der Waals surface area contributed by atoms with Crippen molar-refractivity contribution in [2.75, 3.05) is 52.9 Å². The Balaban J connectivity index is 1.40. The molecule has 10 nitrogen and oxygen atoms in total. The molecule has 1 aromatic heterocycles. The number of hydrogen-bond donors (Lipinski definition) is 0. The van der Waals surface area contributed by atoms with Gasteiger partial charge < -0.3 is 14.5 Å². The summed E-state index contributed by atoms with van der Waals surface area (Å²) in [6.45, 7) is 8.47. The molecule has 2 saturated heterocycles. The minimum atomic E-state index is -4.32. The summed E-state index contributed by atoms with van der Waals surface area (Å²) >= 11 is 2.14. The van der Waals surface area contributed by atoms with E-state index in [2.05, 4.69) is 39.3 Å². The number of piperazine rings is 1. The van der Waals surface area contributed by atoms with Gasteiger partial charge in [0.05, 0.1) is 23.0 Å². The van der Waals surface area contributed by atoms with Crippen LogP contribution in [-0.4, -0.2) is 96.5 Å². The lowest BCUT2D eigenvalue weighted by Gasteiger charge is -2.38. The van der Waals surface area contributed by atoms with Crippen molar-refractivity contribution in [3.8, 4) is 5.75 Å². The number of carbonyl (C=O) groups excluding carboxylic acids is 1. The number of imidazole rings is 1. The Morgan fingerprint density at radius 1 is 0.956 bits per heavy atom. The van der Waals surface area contributed by atoms with Crippen LogP contribution in [0.5, 0.6) is 5.75 Å². The molecule has 0 spiro atoms. The Morgan fingerprint density at radius 3 is 2.33 bits per heavy atom. The van der Waals surface area contributed by atoms with E-state index in [4.69, 9.17) is 4.74 Å². The molecule has 0 radical (unpaired) electrons. The molecule has 238 valence electrons. The summed E-state index contributed by atoms with van der Waals surface area (Å²) in [5, 5.41) is 0. The fourth-order valence-corrected chi connectivity index (χ4v) is 8.49. The predicted octanol–water partition coefficient (Wildman–Crippen LogP) is 3.87. The number of fused-ring (bicyclic) bond motifs is 1. The fraction of sp³-hybridized carbons (Fsp3) is 0.394. The van der Waals surface area contributed by atoms with Crippen molar-refractivity contribution in [1.29, 1.82) is 0 Å². The highest BCUT2D eigenvalue weighted by Crippen LogP contribution is 2.30. The molecule has 2 fully saturated rings. The summed E-state index contributed by atoms with van der Waals surface area (Å²) in [5.74, 6) is 0.287. The van der Waals surface area contributed by atoms with Gasteiger partial charge in [0.15, 0.2) is 0 Å². The molecule has 3 aromatic carbocycles. The first-order valence-electron chi connectivity index (χ1n) is 15.3. The van der Waals surface area contributed by atoms with Crippen molar-refractivity contribution in [2.45, 2.75) is 36.7 Å². The van der Waals surface area contributed by atoms with Gasteiger partial charge in [-0.15, -0.1) is 0 Å². The normalized spacial score (nSPS) is 18.8. The van der Waals surface area contributed by atoms with Gasteiger partial charge in [0.1, 0.15) is 11.8 Å². The molecule has 2 unspecified atom stereocenters. The van der Waals surface area contributed by atoms with E-state index in [0.717, 1.165) is 53.1 Å². The maximum absolute atomic E-state index is 14.6. The van der Waals surface area contributed by atoms with Gasteiger partial charge in [0, 0.05) is 48.9 Å². The van der Waals surface area contributed by atoms with E-state index in [0.29, 0.717) is 29.9 Å². The molecule has 0 saturated carbocycles. The summed E-state index contributed by atoms with van der Waals surface area (Å²) in [6, 6.07) is 19.5. The van der Waals surface area contributed by atoms with E-state index in [1.54, 1.807) is 30.3 Å². The third-order valence-electron chi connectivity index (χ3n) is 8.94. The van der Waals surface area contributed by atoms with Crippen molar-refractivity contribution in [1.82, 2.24) is 23.2 Å². The molecule has 3 heterocycles. The number of ether oxygens (including phenoxy) is 1. The Morgan fingerprint density at radius 2 is 1.67 bits per heavy atom. The van der Waals surface area contributed by atoms with Crippen LogP contribution in [0.25, 0.3) is 11.0 Å². The third kappa shape index (κ3) is 6.17. The Hall–Kier alpha value is -3.20. The number of amides is 1. The zero-order chi connectivity index (χ0) is 31.7. The minimum absolute atomic E-state index is 0.0491. The first-order valence-corrected chi connectivity index (χ1v) is 17.9. The maximum Gasteiger partial charge on any atom is 0.344 e. The number of benzene rings is 3. The molecule has 0 bridgehead atoms. The molecule has 12 heteroatoms. The quantitative estimate of drug-likeness (QED) is 0.241. The van der Waals surface area contributed by atoms with E-state index in [1.807, 2.05) is 35.2 Å². The van der Waals surface area contributed by atoms with Gasteiger partial charge in [-0.2, -0.15) is 3.97 Å². The molecule has 2 aliphatic rings. The number of methoxy groups -OCH3 is 1. The molecular weight excluding hydrogens is 705 g/mol. The van der Waals surface area contributed by atoms with Crippen LogP contribution in [0, 0.1) is 3.57 Å². The number of nitrogens with zero attached hydrogens (tertiary/aromatic N) is 5. The van der Waals surface area contributed by atoms with E-state index in [1.165, 1.54) is 23.8 Å². The van der Waals surface area contributed by atoms with Crippen molar-refractivity contribution in [2.24, 2.45) is 0 Å². The van der Waals surface area contributed by atoms with Crippen molar-refractivity contribution in [3.05, 3.63) is 92.4 Å². The van der Waals surface area contributed by atoms with Gasteiger partial charge in [0.2, 0.25) is 0 Å². The number of aromatic nitrogens is 2. The van der Waals surface area contributed by atoms with Crippen LogP contribution in [0.1, 0.15) is 31.4 Å². The topological polar surface area (TPSA) is 97.1 Å². The number of carbonyl (C=O) groups is 1. The van der Waals surface area contributed by atoms with Crippen LogP contribution in [0.4, 0.5) is 0 Å². The van der Waals surface area contributed by atoms with Crippen LogP contribution < -0.4 is 10.4 Å². The maximum atomic E-state index is 14.6. The molecule has 2 atom stereocenters. The molecule has 0 aliphatic carbocycles. The molecule has 2 aliphatic heterocycles. The van der Waals surface area contributed by atoms with Crippen LogP contribution in [0.3, 0.4) is 0 Å². The van der Waals surface area contributed by atoms with Crippen molar-refractivity contribution < 1.29 is 17.9 Å². The first-order chi connectivity index (χ1) is 21.7. The lowest BCUT2D eigenvalue weighted by atomic mass is 10.0. The van der Waals surface area contributed by atoms with Crippen molar-refractivity contribution in [3.63, 3.8) is 0 Å².